The molecule has 0 saturated carbocycles. The van der Waals surface area contributed by atoms with E-state index in [9.17, 15) is 0 Å². The molecule has 3 rings (SSSR count). The fourth-order valence-electron chi connectivity index (χ4n) is 2.44. The van der Waals surface area contributed by atoms with Crippen molar-refractivity contribution in [2.75, 3.05) is 5.43 Å². The van der Waals surface area contributed by atoms with Crippen LogP contribution < -0.4 is 11.3 Å². The third-order valence-electron chi connectivity index (χ3n) is 3.37. The van der Waals surface area contributed by atoms with E-state index < -0.39 is 0 Å². The average Bonchev–Trinajstić information content (AvgIpc) is 2.84. The number of anilines is 1. The van der Waals surface area contributed by atoms with Crippen LogP contribution in [0.1, 0.15) is 18.4 Å². The average molecular weight is 267 g/mol. The van der Waals surface area contributed by atoms with Gasteiger partial charge in [0, 0.05) is 24.9 Å². The van der Waals surface area contributed by atoms with Crippen LogP contribution in [0, 0.1) is 0 Å². The van der Waals surface area contributed by atoms with Gasteiger partial charge in [-0.1, -0.05) is 12.1 Å². The maximum absolute atomic E-state index is 5.43. The zero-order chi connectivity index (χ0) is 13.9. The fraction of sp³-hybridized carbons (Fsp3) is 0.200. The first-order chi connectivity index (χ1) is 9.81. The molecule has 0 aliphatic heterocycles. The smallest absolute Gasteiger partial charge is 0.115 e. The number of aromatic nitrogens is 3. The predicted molar refractivity (Wildman–Crippen MR) is 80.3 cm³/mol. The molecule has 0 radical (unpaired) electrons. The van der Waals surface area contributed by atoms with Crippen LogP contribution in [0.25, 0.3) is 11.0 Å². The van der Waals surface area contributed by atoms with Crippen molar-refractivity contribution in [3.8, 4) is 0 Å². The lowest BCUT2D eigenvalue weighted by Crippen LogP contribution is -2.08. The van der Waals surface area contributed by atoms with Crippen LogP contribution in [0.4, 0.5) is 5.69 Å². The second-order valence-electron chi connectivity index (χ2n) is 4.62. The van der Waals surface area contributed by atoms with Crippen LogP contribution in [-0.2, 0) is 13.0 Å². The molecule has 2 aromatic heterocycles. The third-order valence-corrected chi connectivity index (χ3v) is 3.37. The highest BCUT2D eigenvalue weighted by Gasteiger charge is 2.10. The molecule has 3 N–H and O–H groups in total. The van der Waals surface area contributed by atoms with Crippen LogP contribution in [0.15, 0.2) is 42.6 Å². The topological polar surface area (TPSA) is 68.8 Å². The van der Waals surface area contributed by atoms with E-state index in [2.05, 4.69) is 28.0 Å². The number of nitrogens with one attached hydrogen (secondary N) is 1. The van der Waals surface area contributed by atoms with E-state index in [1.165, 1.54) is 0 Å². The number of nitrogens with zero attached hydrogens (tertiary/aromatic N) is 3. The van der Waals surface area contributed by atoms with Gasteiger partial charge < -0.3 is 9.99 Å². The zero-order valence-electron chi connectivity index (χ0n) is 11.4. The Labute approximate surface area is 117 Å². The number of hydrogen-bond donors (Lipinski definition) is 2. The van der Waals surface area contributed by atoms with Crippen LogP contribution in [0.5, 0.6) is 0 Å². The number of para-hydroxylation sites is 2. The lowest BCUT2D eigenvalue weighted by Gasteiger charge is -2.06. The van der Waals surface area contributed by atoms with Gasteiger partial charge in [-0.2, -0.15) is 0 Å². The van der Waals surface area contributed by atoms with Crippen LogP contribution in [0.3, 0.4) is 0 Å². The monoisotopic (exact) mass is 267 g/mol. The first kappa shape index (κ1) is 12.6. The molecule has 0 amide bonds. The number of nitrogen functional groups attached to an aromatic ring is 1. The molecule has 20 heavy (non-hydrogen) atoms. The van der Waals surface area contributed by atoms with Crippen molar-refractivity contribution in [1.82, 2.24) is 14.5 Å². The molecule has 5 heteroatoms. The molecule has 0 bridgehead atoms. The molecule has 3 aromatic rings. The summed E-state index contributed by atoms with van der Waals surface area (Å²) in [7, 11) is 0. The summed E-state index contributed by atoms with van der Waals surface area (Å²) in [5.74, 6) is 6.45. The number of benzene rings is 1. The number of fused-ring (bicyclic) bond motifs is 1. The molecule has 0 unspecified atom stereocenters. The Hall–Kier alpha value is -2.40. The molecule has 2 heterocycles. The number of hydrazine groups is 1. The number of hydrogen-bond acceptors (Lipinski definition) is 4. The van der Waals surface area contributed by atoms with Crippen molar-refractivity contribution in [2.24, 2.45) is 5.84 Å². The van der Waals surface area contributed by atoms with Crippen molar-refractivity contribution in [2.45, 2.75) is 19.9 Å². The summed E-state index contributed by atoms with van der Waals surface area (Å²) >= 11 is 0. The highest BCUT2D eigenvalue weighted by molar-refractivity contribution is 5.76. The minimum Gasteiger partial charge on any atom is -0.328 e. The Morgan fingerprint density at radius 3 is 2.90 bits per heavy atom. The molecule has 0 aliphatic rings. The summed E-state index contributed by atoms with van der Waals surface area (Å²) in [4.78, 5) is 9.08. The largest absolute Gasteiger partial charge is 0.328 e. The van der Waals surface area contributed by atoms with Crippen LogP contribution in [0.2, 0.25) is 0 Å². The van der Waals surface area contributed by atoms with Gasteiger partial charge in [0.2, 0.25) is 0 Å². The highest BCUT2D eigenvalue weighted by atomic mass is 15.2. The van der Waals surface area contributed by atoms with Crippen LogP contribution in [-0.4, -0.2) is 14.5 Å². The first-order valence-corrected chi connectivity index (χ1v) is 6.67. The van der Waals surface area contributed by atoms with Gasteiger partial charge in [0.15, 0.2) is 0 Å². The number of aryl methyl sites for hydroxylation is 1. The number of pyridine rings is 1. The molecule has 1 aromatic carbocycles. The molecule has 0 saturated heterocycles. The standard InChI is InChI=1S/C15H17N5/c1-2-20-14-6-4-3-5-13(14)18-15(20)10-12-9-11(19-16)7-8-17-12/h3-9H,2,10,16H2,1H3,(H,17,19). The van der Waals surface area contributed by atoms with Crippen molar-refractivity contribution in [1.29, 1.82) is 0 Å². The van der Waals surface area contributed by atoms with Crippen molar-refractivity contribution in [3.05, 3.63) is 54.1 Å². The quantitative estimate of drug-likeness (QED) is 0.562. The predicted octanol–water partition coefficient (Wildman–Crippen LogP) is 2.33. The molecule has 5 nitrogen and oxygen atoms in total. The Balaban J connectivity index is 2.01. The molecule has 0 aliphatic carbocycles. The van der Waals surface area contributed by atoms with Crippen molar-refractivity contribution < 1.29 is 0 Å². The van der Waals surface area contributed by atoms with Crippen LogP contribution >= 0.6 is 0 Å². The van der Waals surface area contributed by atoms with E-state index in [0.29, 0.717) is 6.42 Å². The summed E-state index contributed by atoms with van der Waals surface area (Å²) in [6.45, 7) is 3.02. The van der Waals surface area contributed by atoms with Gasteiger partial charge in [-0.05, 0) is 31.2 Å². The third kappa shape index (κ3) is 2.23. The summed E-state index contributed by atoms with van der Waals surface area (Å²) in [5.41, 5.74) is 6.64. The summed E-state index contributed by atoms with van der Waals surface area (Å²) in [5, 5.41) is 0. The minimum absolute atomic E-state index is 0.693. The molecular weight excluding hydrogens is 250 g/mol. The summed E-state index contributed by atoms with van der Waals surface area (Å²) in [6.07, 6.45) is 2.45. The lowest BCUT2D eigenvalue weighted by atomic mass is 10.2. The molecular formula is C15H17N5. The van der Waals surface area contributed by atoms with Gasteiger partial charge >= 0.3 is 0 Å². The first-order valence-electron chi connectivity index (χ1n) is 6.67. The Bertz CT molecular complexity index is 732. The van der Waals surface area contributed by atoms with E-state index >= 15 is 0 Å². The Morgan fingerprint density at radius 2 is 2.10 bits per heavy atom. The maximum Gasteiger partial charge on any atom is 0.115 e. The number of imidazole rings is 1. The Kier molecular flexibility index (Phi) is 3.35. The molecule has 0 atom stereocenters. The van der Waals surface area contributed by atoms with Crippen molar-refractivity contribution in [3.63, 3.8) is 0 Å². The molecule has 0 fully saturated rings. The summed E-state index contributed by atoms with van der Waals surface area (Å²) < 4.78 is 2.22. The van der Waals surface area contributed by atoms with E-state index in [1.54, 1.807) is 6.20 Å². The van der Waals surface area contributed by atoms with Gasteiger partial charge in [-0.25, -0.2) is 4.98 Å². The van der Waals surface area contributed by atoms with E-state index in [-0.39, 0.29) is 0 Å². The fourth-order valence-corrected chi connectivity index (χ4v) is 2.44. The van der Waals surface area contributed by atoms with Gasteiger partial charge in [-0.15, -0.1) is 0 Å². The van der Waals surface area contributed by atoms with Gasteiger partial charge in [0.1, 0.15) is 5.82 Å². The second kappa shape index (κ2) is 5.30. The van der Waals surface area contributed by atoms with Crippen molar-refractivity contribution >= 4 is 16.7 Å². The van der Waals surface area contributed by atoms with Gasteiger partial charge in [0.05, 0.1) is 16.7 Å². The highest BCUT2D eigenvalue weighted by Crippen LogP contribution is 2.18. The second-order valence-corrected chi connectivity index (χ2v) is 4.62. The zero-order valence-corrected chi connectivity index (χ0v) is 11.4. The van der Waals surface area contributed by atoms with E-state index in [4.69, 9.17) is 10.8 Å². The number of rotatable bonds is 4. The Morgan fingerprint density at radius 1 is 1.25 bits per heavy atom. The molecule has 0 spiro atoms. The van der Waals surface area contributed by atoms with Gasteiger partial charge in [0.25, 0.3) is 0 Å². The molecule has 102 valence electrons. The maximum atomic E-state index is 5.43. The van der Waals surface area contributed by atoms with E-state index in [1.807, 2.05) is 30.3 Å². The van der Waals surface area contributed by atoms with E-state index in [0.717, 1.165) is 34.8 Å². The number of nitrogens with two attached hydrogens (primary N) is 1. The normalized spacial score (nSPS) is 10.9. The lowest BCUT2D eigenvalue weighted by molar-refractivity contribution is 0.729. The minimum atomic E-state index is 0.693. The SMILES string of the molecule is CCn1c(Cc2cc(NN)ccn2)nc2ccccc21. The van der Waals surface area contributed by atoms with Gasteiger partial charge in [-0.3, -0.25) is 10.8 Å². The summed E-state index contributed by atoms with van der Waals surface area (Å²) in [6, 6.07) is 12.0.